The number of hydrogen-bond acceptors (Lipinski definition) is 7. The fourth-order valence-electron chi connectivity index (χ4n) is 2.27. The van der Waals surface area contributed by atoms with Gasteiger partial charge in [-0.3, -0.25) is 4.68 Å². The molecule has 0 radical (unpaired) electrons. The molecule has 24 heavy (non-hydrogen) atoms. The summed E-state index contributed by atoms with van der Waals surface area (Å²) in [4.78, 5) is 9.72. The van der Waals surface area contributed by atoms with Crippen LogP contribution in [0.25, 0.3) is 10.9 Å². The van der Waals surface area contributed by atoms with Crippen LogP contribution < -0.4 is 5.32 Å². The second-order valence-corrected chi connectivity index (χ2v) is 6.27. The third kappa shape index (κ3) is 2.81. The van der Waals surface area contributed by atoms with E-state index in [1.165, 1.54) is 0 Å². The molecular weight excluding hydrogens is 324 g/mol. The van der Waals surface area contributed by atoms with Crippen molar-refractivity contribution in [3.05, 3.63) is 43.1 Å². The maximum atomic E-state index is 4.35. The van der Waals surface area contributed by atoms with Gasteiger partial charge >= 0.3 is 0 Å². The van der Waals surface area contributed by atoms with Crippen molar-refractivity contribution in [1.82, 2.24) is 34.5 Å². The molecule has 4 rings (SSSR count). The Morgan fingerprint density at radius 3 is 2.79 bits per heavy atom. The molecule has 8 nitrogen and oxygen atoms in total. The first-order valence-electron chi connectivity index (χ1n) is 7.22. The van der Waals surface area contributed by atoms with Crippen LogP contribution >= 0.6 is 11.8 Å². The fraction of sp³-hybridized carbons (Fsp3) is 0.133. The number of aromatic nitrogens is 7. The van der Waals surface area contributed by atoms with Crippen LogP contribution in [0.15, 0.2) is 53.2 Å². The monoisotopic (exact) mass is 338 g/mol. The highest BCUT2D eigenvalue weighted by Gasteiger charge is 2.09. The highest BCUT2D eigenvalue weighted by molar-refractivity contribution is 7.99. The zero-order valence-electron chi connectivity index (χ0n) is 13.1. The van der Waals surface area contributed by atoms with Gasteiger partial charge in [-0.15, -0.1) is 10.2 Å². The molecule has 4 aromatic rings. The lowest BCUT2D eigenvalue weighted by Gasteiger charge is -2.07. The van der Waals surface area contributed by atoms with Crippen molar-refractivity contribution in [2.75, 3.05) is 5.32 Å². The zero-order valence-corrected chi connectivity index (χ0v) is 13.9. The van der Waals surface area contributed by atoms with Gasteiger partial charge < -0.3 is 9.88 Å². The Hall–Kier alpha value is -2.94. The molecular formula is C15H14N8S. The predicted octanol–water partition coefficient (Wildman–Crippen LogP) is 2.39. The first-order chi connectivity index (χ1) is 11.7. The van der Waals surface area contributed by atoms with Crippen LogP contribution in [0.5, 0.6) is 0 Å². The van der Waals surface area contributed by atoms with Crippen molar-refractivity contribution in [2.45, 2.75) is 10.1 Å². The number of hydrogen-bond donors (Lipinski definition) is 1. The Labute approximate surface area is 142 Å². The van der Waals surface area contributed by atoms with E-state index < -0.39 is 0 Å². The van der Waals surface area contributed by atoms with Gasteiger partial charge in [-0.2, -0.15) is 5.10 Å². The molecule has 0 aliphatic heterocycles. The molecule has 0 aliphatic carbocycles. The van der Waals surface area contributed by atoms with Gasteiger partial charge in [0.25, 0.3) is 0 Å². The van der Waals surface area contributed by atoms with Gasteiger partial charge in [0.1, 0.15) is 18.5 Å². The van der Waals surface area contributed by atoms with Gasteiger partial charge in [-0.1, -0.05) is 0 Å². The molecule has 0 saturated heterocycles. The molecule has 0 bridgehead atoms. The molecule has 0 fully saturated rings. The van der Waals surface area contributed by atoms with E-state index in [-0.39, 0.29) is 0 Å². The van der Waals surface area contributed by atoms with Crippen molar-refractivity contribution in [1.29, 1.82) is 0 Å². The molecule has 0 atom stereocenters. The quantitative estimate of drug-likeness (QED) is 0.611. The standard InChI is InChI=1S/C15H14N8S/c1-22-9-18-20-15(22)24-10-3-4-12-11(7-10)14(17-8-16-12)19-13-5-6-23(2)21-13/h3-9H,1-2H3,(H,16,17,19,21). The van der Waals surface area contributed by atoms with Crippen LogP contribution in [0, 0.1) is 0 Å². The largest absolute Gasteiger partial charge is 0.323 e. The molecule has 0 unspecified atom stereocenters. The van der Waals surface area contributed by atoms with E-state index in [1.54, 1.807) is 29.1 Å². The lowest BCUT2D eigenvalue weighted by atomic mass is 10.2. The first-order valence-corrected chi connectivity index (χ1v) is 8.04. The molecule has 9 heteroatoms. The van der Waals surface area contributed by atoms with Gasteiger partial charge in [0.2, 0.25) is 0 Å². The summed E-state index contributed by atoms with van der Waals surface area (Å²) in [5.74, 6) is 1.46. The second kappa shape index (κ2) is 5.93. The smallest absolute Gasteiger partial charge is 0.195 e. The number of aryl methyl sites for hydroxylation is 2. The Morgan fingerprint density at radius 2 is 2.04 bits per heavy atom. The van der Waals surface area contributed by atoms with Gasteiger partial charge in [0.05, 0.1) is 5.52 Å². The van der Waals surface area contributed by atoms with Crippen LogP contribution in [0.2, 0.25) is 0 Å². The minimum absolute atomic E-state index is 0.721. The summed E-state index contributed by atoms with van der Waals surface area (Å²) in [6.45, 7) is 0. The van der Waals surface area contributed by atoms with E-state index in [1.807, 2.05) is 49.1 Å². The predicted molar refractivity (Wildman–Crippen MR) is 91.2 cm³/mol. The maximum Gasteiger partial charge on any atom is 0.195 e. The minimum Gasteiger partial charge on any atom is -0.323 e. The molecule has 0 amide bonds. The highest BCUT2D eigenvalue weighted by Crippen LogP contribution is 2.30. The van der Waals surface area contributed by atoms with Crippen molar-refractivity contribution in [2.24, 2.45) is 14.1 Å². The summed E-state index contributed by atoms with van der Waals surface area (Å²) in [6, 6.07) is 7.92. The van der Waals surface area contributed by atoms with E-state index in [2.05, 4.69) is 30.6 Å². The number of benzene rings is 1. The average Bonchev–Trinajstić information content (AvgIpc) is 3.17. The van der Waals surface area contributed by atoms with Gasteiger partial charge in [0.15, 0.2) is 11.0 Å². The maximum absolute atomic E-state index is 4.35. The van der Waals surface area contributed by atoms with Crippen LogP contribution in [0.3, 0.4) is 0 Å². The molecule has 120 valence electrons. The summed E-state index contributed by atoms with van der Waals surface area (Å²) in [6.07, 6.45) is 5.10. The van der Waals surface area contributed by atoms with E-state index in [9.17, 15) is 0 Å². The van der Waals surface area contributed by atoms with Crippen LogP contribution in [-0.2, 0) is 14.1 Å². The Morgan fingerprint density at radius 1 is 1.12 bits per heavy atom. The minimum atomic E-state index is 0.721. The lowest BCUT2D eigenvalue weighted by molar-refractivity contribution is 0.771. The van der Waals surface area contributed by atoms with Crippen molar-refractivity contribution in [3.8, 4) is 0 Å². The number of anilines is 2. The average molecular weight is 338 g/mol. The fourth-order valence-corrected chi connectivity index (χ4v) is 3.08. The molecule has 3 aromatic heterocycles. The van der Waals surface area contributed by atoms with Crippen LogP contribution in [0.1, 0.15) is 0 Å². The SMILES string of the molecule is Cn1ccc(Nc2ncnc3ccc(Sc4nncn4C)cc23)n1. The van der Waals surface area contributed by atoms with E-state index in [0.29, 0.717) is 0 Å². The third-order valence-electron chi connectivity index (χ3n) is 3.45. The second-order valence-electron chi connectivity index (χ2n) is 5.23. The molecule has 0 aliphatic rings. The van der Waals surface area contributed by atoms with Gasteiger partial charge in [-0.25, -0.2) is 9.97 Å². The Balaban J connectivity index is 1.71. The number of rotatable bonds is 4. The topological polar surface area (TPSA) is 86.3 Å². The summed E-state index contributed by atoms with van der Waals surface area (Å²) >= 11 is 1.54. The molecule has 0 saturated carbocycles. The Kier molecular flexibility index (Phi) is 3.62. The van der Waals surface area contributed by atoms with Crippen LogP contribution in [0.4, 0.5) is 11.6 Å². The summed E-state index contributed by atoms with van der Waals surface area (Å²) in [7, 11) is 3.79. The first kappa shape index (κ1) is 14.6. The van der Waals surface area contributed by atoms with Gasteiger partial charge in [-0.05, 0) is 30.0 Å². The van der Waals surface area contributed by atoms with E-state index in [0.717, 1.165) is 32.6 Å². The van der Waals surface area contributed by atoms with E-state index >= 15 is 0 Å². The molecule has 3 heterocycles. The van der Waals surface area contributed by atoms with E-state index in [4.69, 9.17) is 0 Å². The molecule has 1 aromatic carbocycles. The molecule has 1 N–H and O–H groups in total. The van der Waals surface area contributed by atoms with Gasteiger partial charge in [0, 0.05) is 36.6 Å². The third-order valence-corrected chi connectivity index (χ3v) is 4.49. The van der Waals surface area contributed by atoms with Crippen molar-refractivity contribution >= 4 is 34.3 Å². The summed E-state index contributed by atoms with van der Waals surface area (Å²) in [5, 5.41) is 17.3. The lowest BCUT2D eigenvalue weighted by Crippen LogP contribution is -1.98. The van der Waals surface area contributed by atoms with Crippen molar-refractivity contribution in [3.63, 3.8) is 0 Å². The Bertz CT molecular complexity index is 1010. The summed E-state index contributed by atoms with van der Waals surface area (Å²) < 4.78 is 3.62. The number of nitrogens with zero attached hydrogens (tertiary/aromatic N) is 7. The highest BCUT2D eigenvalue weighted by atomic mass is 32.2. The summed E-state index contributed by atoms with van der Waals surface area (Å²) in [5.41, 5.74) is 0.866. The number of nitrogens with one attached hydrogen (secondary N) is 1. The van der Waals surface area contributed by atoms with Crippen molar-refractivity contribution < 1.29 is 0 Å². The number of fused-ring (bicyclic) bond motifs is 1. The normalized spacial score (nSPS) is 11.1. The van der Waals surface area contributed by atoms with Crippen LogP contribution in [-0.4, -0.2) is 34.5 Å². The zero-order chi connectivity index (χ0) is 16.5. The molecule has 0 spiro atoms.